The van der Waals surface area contributed by atoms with Gasteiger partial charge in [0.1, 0.15) is 0 Å². The summed E-state index contributed by atoms with van der Waals surface area (Å²) in [7, 11) is -5.26. The highest BCUT2D eigenvalue weighted by molar-refractivity contribution is 7.91. The summed E-state index contributed by atoms with van der Waals surface area (Å²) in [6.07, 6.45) is 0.491. The molecule has 1 aliphatic heterocycles. The molecule has 7 nitrogen and oxygen atoms in total. The normalized spacial score (nSPS) is 24.9. The molecular formula is C12H19N3O4S2. The lowest BCUT2D eigenvalue weighted by atomic mass is 10.0. The second kappa shape index (κ2) is 5.15. The smallest absolute Gasteiger partial charge is 0.240 e. The van der Waals surface area contributed by atoms with Gasteiger partial charge in [-0.25, -0.2) is 21.6 Å². The van der Waals surface area contributed by atoms with Crippen LogP contribution in [-0.2, 0) is 19.9 Å². The third kappa shape index (κ3) is 3.47. The lowest BCUT2D eigenvalue weighted by Crippen LogP contribution is -2.36. The summed E-state index contributed by atoms with van der Waals surface area (Å²) < 4.78 is 48.8. The van der Waals surface area contributed by atoms with Crippen LogP contribution in [0, 0.1) is 0 Å². The van der Waals surface area contributed by atoms with Gasteiger partial charge in [0.25, 0.3) is 0 Å². The van der Waals surface area contributed by atoms with E-state index < -0.39 is 25.4 Å². The lowest BCUT2D eigenvalue weighted by Gasteiger charge is -2.26. The van der Waals surface area contributed by atoms with Crippen molar-refractivity contribution < 1.29 is 16.8 Å². The topological polar surface area (TPSA) is 118 Å². The van der Waals surface area contributed by atoms with E-state index in [0.717, 1.165) is 0 Å². The predicted octanol–water partition coefficient (Wildman–Crippen LogP) is 0.166. The number of hydrogen-bond donors (Lipinski definition) is 3. The molecule has 1 heterocycles. The Bertz CT molecular complexity index is 759. The van der Waals surface area contributed by atoms with Gasteiger partial charge in [0.15, 0.2) is 9.84 Å². The van der Waals surface area contributed by atoms with E-state index in [9.17, 15) is 16.8 Å². The van der Waals surface area contributed by atoms with Gasteiger partial charge in [0, 0.05) is 5.54 Å². The van der Waals surface area contributed by atoms with Crippen LogP contribution in [0.15, 0.2) is 23.1 Å². The van der Waals surface area contributed by atoms with Crippen LogP contribution < -0.4 is 15.8 Å². The van der Waals surface area contributed by atoms with E-state index in [1.165, 1.54) is 19.2 Å². The van der Waals surface area contributed by atoms with Crippen molar-refractivity contribution in [3.05, 3.63) is 18.2 Å². The largest absolute Gasteiger partial charge is 0.397 e. The van der Waals surface area contributed by atoms with Gasteiger partial charge in [-0.05, 0) is 38.6 Å². The van der Waals surface area contributed by atoms with Crippen molar-refractivity contribution in [3.8, 4) is 0 Å². The Morgan fingerprint density at radius 2 is 2.00 bits per heavy atom. The molecule has 1 fully saturated rings. The van der Waals surface area contributed by atoms with Crippen molar-refractivity contribution in [2.45, 2.75) is 23.8 Å². The highest BCUT2D eigenvalue weighted by Crippen LogP contribution is 2.31. The van der Waals surface area contributed by atoms with Crippen LogP contribution in [0.3, 0.4) is 0 Å². The second-order valence-corrected chi connectivity index (χ2v) is 9.55. The van der Waals surface area contributed by atoms with Crippen LogP contribution in [0.25, 0.3) is 0 Å². The fraction of sp³-hybridized carbons (Fsp3) is 0.500. The average Bonchev–Trinajstić information content (AvgIpc) is 2.66. The molecule has 0 aromatic heterocycles. The first kappa shape index (κ1) is 16.1. The molecule has 2 rings (SSSR count). The monoisotopic (exact) mass is 333 g/mol. The highest BCUT2D eigenvalue weighted by atomic mass is 32.2. The summed E-state index contributed by atoms with van der Waals surface area (Å²) in [4.78, 5) is 0.0669. The van der Waals surface area contributed by atoms with E-state index in [1.807, 2.05) is 6.92 Å². The molecule has 1 aromatic carbocycles. The molecule has 1 aliphatic rings. The molecule has 1 aromatic rings. The molecular weight excluding hydrogens is 314 g/mol. The molecule has 21 heavy (non-hydrogen) atoms. The predicted molar refractivity (Wildman–Crippen MR) is 82.4 cm³/mol. The van der Waals surface area contributed by atoms with Crippen LogP contribution in [0.5, 0.6) is 0 Å². The third-order valence-electron chi connectivity index (χ3n) is 3.54. The first-order valence-electron chi connectivity index (χ1n) is 6.39. The second-order valence-electron chi connectivity index (χ2n) is 5.48. The summed E-state index contributed by atoms with van der Waals surface area (Å²) >= 11 is 0. The zero-order chi connectivity index (χ0) is 15.9. The molecule has 0 radical (unpaired) electrons. The number of benzene rings is 1. The Kier molecular flexibility index (Phi) is 3.94. The molecule has 0 amide bonds. The first-order chi connectivity index (χ1) is 9.57. The van der Waals surface area contributed by atoms with Gasteiger partial charge in [-0.3, -0.25) is 0 Å². The van der Waals surface area contributed by atoms with Crippen molar-refractivity contribution in [3.63, 3.8) is 0 Å². The van der Waals surface area contributed by atoms with Crippen LogP contribution >= 0.6 is 0 Å². The summed E-state index contributed by atoms with van der Waals surface area (Å²) in [5, 5.41) is 3.12. The van der Waals surface area contributed by atoms with Gasteiger partial charge < -0.3 is 11.1 Å². The van der Waals surface area contributed by atoms with Gasteiger partial charge in [-0.15, -0.1) is 0 Å². The summed E-state index contributed by atoms with van der Waals surface area (Å²) in [5.74, 6) is 0.179. The maximum absolute atomic E-state index is 11.7. The molecule has 1 atom stereocenters. The Labute approximate surface area is 124 Å². The van der Waals surface area contributed by atoms with E-state index in [-0.39, 0.29) is 22.1 Å². The molecule has 1 saturated heterocycles. The van der Waals surface area contributed by atoms with Crippen molar-refractivity contribution in [1.29, 1.82) is 0 Å². The molecule has 0 aliphatic carbocycles. The molecule has 118 valence electrons. The number of rotatable bonds is 4. The third-order valence-corrected chi connectivity index (χ3v) is 6.86. The van der Waals surface area contributed by atoms with Gasteiger partial charge in [-0.2, -0.15) is 0 Å². The number of nitrogen functional groups attached to an aromatic ring is 1. The minimum Gasteiger partial charge on any atom is -0.397 e. The Morgan fingerprint density at radius 3 is 2.48 bits per heavy atom. The van der Waals surface area contributed by atoms with E-state index in [4.69, 9.17) is 5.73 Å². The summed E-state index contributed by atoms with van der Waals surface area (Å²) in [5.41, 5.74) is 6.08. The molecule has 0 saturated carbocycles. The molecule has 4 N–H and O–H groups in total. The van der Waals surface area contributed by atoms with E-state index >= 15 is 0 Å². The molecule has 0 spiro atoms. The van der Waals surface area contributed by atoms with Gasteiger partial charge >= 0.3 is 0 Å². The van der Waals surface area contributed by atoms with Crippen molar-refractivity contribution in [2.75, 3.05) is 29.6 Å². The van der Waals surface area contributed by atoms with Crippen LogP contribution in [-0.4, -0.2) is 40.9 Å². The minimum absolute atomic E-state index is 0.0377. The lowest BCUT2D eigenvalue weighted by molar-refractivity contribution is 0.574. The summed E-state index contributed by atoms with van der Waals surface area (Å²) in [6, 6.07) is 4.33. The number of sulfonamides is 1. The molecule has 9 heteroatoms. The molecule has 1 unspecified atom stereocenters. The fourth-order valence-corrected chi connectivity index (χ4v) is 5.23. The minimum atomic E-state index is -3.55. The summed E-state index contributed by atoms with van der Waals surface area (Å²) in [6.45, 7) is 1.81. The zero-order valence-corrected chi connectivity index (χ0v) is 13.5. The Hall–Kier alpha value is -1.32. The van der Waals surface area contributed by atoms with E-state index in [0.29, 0.717) is 12.1 Å². The van der Waals surface area contributed by atoms with Crippen LogP contribution in [0.1, 0.15) is 13.3 Å². The quantitative estimate of drug-likeness (QED) is 0.676. The highest BCUT2D eigenvalue weighted by Gasteiger charge is 2.38. The van der Waals surface area contributed by atoms with Crippen molar-refractivity contribution in [2.24, 2.45) is 0 Å². The Morgan fingerprint density at radius 1 is 1.33 bits per heavy atom. The average molecular weight is 333 g/mol. The van der Waals surface area contributed by atoms with Crippen LogP contribution in [0.4, 0.5) is 11.4 Å². The number of sulfone groups is 1. The number of nitrogens with one attached hydrogen (secondary N) is 2. The maximum Gasteiger partial charge on any atom is 0.240 e. The van der Waals surface area contributed by atoms with E-state index in [2.05, 4.69) is 10.0 Å². The fourth-order valence-electron chi connectivity index (χ4n) is 2.37. The number of hydrogen-bond acceptors (Lipinski definition) is 6. The van der Waals surface area contributed by atoms with Gasteiger partial charge in [0.05, 0.1) is 27.8 Å². The first-order valence-corrected chi connectivity index (χ1v) is 9.69. The van der Waals surface area contributed by atoms with E-state index in [1.54, 1.807) is 6.07 Å². The molecule has 0 bridgehead atoms. The van der Waals surface area contributed by atoms with Gasteiger partial charge in [0.2, 0.25) is 10.0 Å². The zero-order valence-electron chi connectivity index (χ0n) is 11.9. The number of nitrogens with two attached hydrogens (primary N) is 1. The van der Waals surface area contributed by atoms with Gasteiger partial charge in [-0.1, -0.05) is 0 Å². The maximum atomic E-state index is 11.7. The van der Waals surface area contributed by atoms with Crippen LogP contribution in [0.2, 0.25) is 0 Å². The van der Waals surface area contributed by atoms with Crippen molar-refractivity contribution in [1.82, 2.24) is 4.72 Å². The SMILES string of the molecule is CNS(=O)(=O)c1ccc(NC2(C)CCS(=O)(=O)C2)c(N)c1. The number of anilines is 2. The van der Waals surface area contributed by atoms with Crippen molar-refractivity contribution >= 4 is 31.2 Å². The Balaban J connectivity index is 2.27. The standard InChI is InChI=1S/C12H19N3O4S2/c1-12(5-6-20(16,17)8-12)15-11-4-3-9(7-10(11)13)21(18,19)14-2/h3-4,7,14-15H,5-6,8,13H2,1-2H3.